The predicted octanol–water partition coefficient (Wildman–Crippen LogP) is 4.82. The quantitative estimate of drug-likeness (QED) is 0.523. The highest BCUT2D eigenvalue weighted by Gasteiger charge is 2.19. The van der Waals surface area contributed by atoms with Crippen molar-refractivity contribution in [1.82, 2.24) is 25.3 Å². The summed E-state index contributed by atoms with van der Waals surface area (Å²) >= 11 is 0. The van der Waals surface area contributed by atoms with Crippen molar-refractivity contribution in [2.24, 2.45) is 0 Å². The first-order chi connectivity index (χ1) is 15.3. The average molecular weight is 409 g/mol. The molecule has 31 heavy (non-hydrogen) atoms. The van der Waals surface area contributed by atoms with E-state index in [1.165, 1.54) is 19.3 Å². The zero-order valence-electron chi connectivity index (χ0n) is 17.2. The summed E-state index contributed by atoms with van der Waals surface area (Å²) in [4.78, 5) is 31.5. The van der Waals surface area contributed by atoms with Crippen molar-refractivity contribution in [3.05, 3.63) is 72.6 Å². The Hall–Kier alpha value is -3.67. The number of fused-ring (bicyclic) bond motifs is 1. The maximum Gasteiger partial charge on any atom is 0.251 e. The van der Waals surface area contributed by atoms with Crippen LogP contribution < -0.4 is 5.32 Å². The lowest BCUT2D eigenvalue weighted by molar-refractivity contribution is 0.0928. The van der Waals surface area contributed by atoms with Crippen molar-refractivity contribution in [3.63, 3.8) is 0 Å². The Morgan fingerprint density at radius 1 is 0.774 bits per heavy atom. The van der Waals surface area contributed by atoms with Gasteiger partial charge in [-0.05, 0) is 55.3 Å². The molecule has 1 saturated carbocycles. The van der Waals surface area contributed by atoms with Crippen molar-refractivity contribution in [1.29, 1.82) is 0 Å². The van der Waals surface area contributed by atoms with E-state index in [0.29, 0.717) is 22.5 Å². The Morgan fingerprint density at radius 2 is 1.42 bits per heavy atom. The highest BCUT2D eigenvalue weighted by molar-refractivity contribution is 5.98. The Morgan fingerprint density at radius 3 is 2.03 bits per heavy atom. The van der Waals surface area contributed by atoms with Crippen LogP contribution in [0.3, 0.4) is 0 Å². The minimum atomic E-state index is -0.0520. The van der Waals surface area contributed by atoms with Crippen LogP contribution in [0.25, 0.3) is 33.8 Å². The van der Waals surface area contributed by atoms with Gasteiger partial charge in [0.25, 0.3) is 5.91 Å². The zero-order chi connectivity index (χ0) is 21.0. The van der Waals surface area contributed by atoms with Crippen LogP contribution in [-0.2, 0) is 0 Å². The van der Waals surface area contributed by atoms with E-state index in [4.69, 9.17) is 9.97 Å². The molecule has 154 valence electrons. The number of pyridine rings is 2. The van der Waals surface area contributed by atoms with Crippen molar-refractivity contribution < 1.29 is 4.79 Å². The summed E-state index contributed by atoms with van der Waals surface area (Å²) in [7, 11) is 0. The third kappa shape index (κ3) is 4.14. The second kappa shape index (κ2) is 8.60. The van der Waals surface area contributed by atoms with E-state index < -0.39 is 0 Å². The number of nitrogens with zero attached hydrogens (tertiary/aromatic N) is 4. The number of amides is 1. The van der Waals surface area contributed by atoms with Crippen LogP contribution in [0.5, 0.6) is 0 Å². The number of benzene rings is 1. The summed E-state index contributed by atoms with van der Waals surface area (Å²) in [6.45, 7) is 0. The fourth-order valence-electron chi connectivity index (χ4n) is 4.07. The first-order valence-electron chi connectivity index (χ1n) is 10.7. The van der Waals surface area contributed by atoms with Gasteiger partial charge in [0, 0.05) is 24.0 Å². The van der Waals surface area contributed by atoms with E-state index in [1.807, 2.05) is 54.6 Å². The molecule has 6 nitrogen and oxygen atoms in total. The van der Waals surface area contributed by atoms with Gasteiger partial charge >= 0.3 is 0 Å². The summed E-state index contributed by atoms with van der Waals surface area (Å²) in [6.07, 6.45) is 9.19. The Kier molecular flexibility index (Phi) is 5.35. The van der Waals surface area contributed by atoms with E-state index >= 15 is 0 Å². The van der Waals surface area contributed by atoms with Crippen LogP contribution in [0.15, 0.2) is 67.0 Å². The lowest BCUT2D eigenvalue weighted by atomic mass is 9.95. The number of nitrogens with one attached hydrogen (secondary N) is 1. The maximum absolute atomic E-state index is 12.8. The molecule has 0 aliphatic heterocycles. The van der Waals surface area contributed by atoms with Crippen molar-refractivity contribution >= 4 is 16.9 Å². The second-order valence-corrected chi connectivity index (χ2v) is 7.86. The van der Waals surface area contributed by atoms with Gasteiger partial charge in [-0.3, -0.25) is 14.8 Å². The van der Waals surface area contributed by atoms with E-state index in [2.05, 4.69) is 15.3 Å². The fourth-order valence-corrected chi connectivity index (χ4v) is 4.07. The number of hydrogen-bond donors (Lipinski definition) is 1. The smallest absolute Gasteiger partial charge is 0.251 e. The highest BCUT2D eigenvalue weighted by atomic mass is 16.1. The lowest BCUT2D eigenvalue weighted by Crippen LogP contribution is -2.36. The minimum absolute atomic E-state index is 0.0520. The largest absolute Gasteiger partial charge is 0.349 e. The number of rotatable bonds is 4. The molecule has 0 spiro atoms. The van der Waals surface area contributed by atoms with E-state index in [-0.39, 0.29) is 11.9 Å². The van der Waals surface area contributed by atoms with Crippen LogP contribution in [0.1, 0.15) is 42.5 Å². The molecular formula is C25H23N5O. The third-order valence-corrected chi connectivity index (χ3v) is 5.68. The molecule has 1 fully saturated rings. The number of aromatic nitrogens is 4. The van der Waals surface area contributed by atoms with Crippen LogP contribution in [0, 0.1) is 0 Å². The van der Waals surface area contributed by atoms with Gasteiger partial charge in [-0.2, -0.15) is 0 Å². The summed E-state index contributed by atoms with van der Waals surface area (Å²) in [5, 5.41) is 3.17. The van der Waals surface area contributed by atoms with Crippen molar-refractivity contribution in [3.8, 4) is 22.8 Å². The summed E-state index contributed by atoms with van der Waals surface area (Å²) in [6, 6.07) is 17.1. The number of hydrogen-bond acceptors (Lipinski definition) is 5. The van der Waals surface area contributed by atoms with E-state index in [0.717, 1.165) is 29.7 Å². The zero-order valence-corrected chi connectivity index (χ0v) is 17.2. The summed E-state index contributed by atoms with van der Waals surface area (Å²) in [5.41, 5.74) is 4.75. The Bertz CT molecular complexity index is 1200. The van der Waals surface area contributed by atoms with Gasteiger partial charge in [-0.1, -0.05) is 31.4 Å². The molecule has 1 aliphatic rings. The summed E-state index contributed by atoms with van der Waals surface area (Å²) < 4.78 is 0. The molecule has 5 rings (SSSR count). The number of carbonyl (C=O) groups is 1. The third-order valence-electron chi connectivity index (χ3n) is 5.68. The Labute approximate surface area is 180 Å². The molecule has 6 heteroatoms. The first kappa shape index (κ1) is 19.3. The van der Waals surface area contributed by atoms with E-state index in [9.17, 15) is 4.79 Å². The van der Waals surface area contributed by atoms with Crippen LogP contribution >= 0.6 is 0 Å². The van der Waals surface area contributed by atoms with Gasteiger partial charge in [0.2, 0.25) is 0 Å². The van der Waals surface area contributed by atoms with Gasteiger partial charge in [-0.15, -0.1) is 0 Å². The molecule has 3 aromatic heterocycles. The summed E-state index contributed by atoms with van der Waals surface area (Å²) in [5.74, 6) is -0.0520. The van der Waals surface area contributed by atoms with Crippen molar-refractivity contribution in [2.45, 2.75) is 38.1 Å². The first-order valence-corrected chi connectivity index (χ1v) is 10.7. The van der Waals surface area contributed by atoms with Crippen LogP contribution in [0.2, 0.25) is 0 Å². The molecule has 4 aromatic rings. The molecule has 0 unspecified atom stereocenters. The highest BCUT2D eigenvalue weighted by Crippen LogP contribution is 2.29. The molecule has 0 saturated heterocycles. The minimum Gasteiger partial charge on any atom is -0.349 e. The van der Waals surface area contributed by atoms with Gasteiger partial charge < -0.3 is 5.32 Å². The average Bonchev–Trinajstić information content (AvgIpc) is 2.84. The van der Waals surface area contributed by atoms with Gasteiger partial charge in [0.15, 0.2) is 0 Å². The normalized spacial score (nSPS) is 14.5. The fraction of sp³-hybridized carbons (Fsp3) is 0.240. The Balaban J connectivity index is 1.56. The SMILES string of the molecule is O=C(NC1CCCCC1)c1ccc2nc(-c3ccccn3)c(-c3ccccn3)nc2c1. The molecular weight excluding hydrogens is 386 g/mol. The molecule has 0 atom stereocenters. The molecule has 0 radical (unpaired) electrons. The molecule has 0 bridgehead atoms. The molecule has 1 aromatic carbocycles. The molecule has 1 amide bonds. The van der Waals surface area contributed by atoms with E-state index in [1.54, 1.807) is 12.4 Å². The monoisotopic (exact) mass is 409 g/mol. The predicted molar refractivity (Wildman–Crippen MR) is 120 cm³/mol. The van der Waals surface area contributed by atoms with Crippen molar-refractivity contribution in [2.75, 3.05) is 0 Å². The molecule has 1 aliphatic carbocycles. The molecule has 3 heterocycles. The maximum atomic E-state index is 12.8. The van der Waals surface area contributed by atoms with Crippen LogP contribution in [-0.4, -0.2) is 31.9 Å². The number of carbonyl (C=O) groups excluding carboxylic acids is 1. The standard InChI is InChI=1S/C25H23N5O/c31-25(28-18-8-2-1-3-9-18)17-12-13-19-22(16-17)30-24(21-11-5-7-15-27-21)23(29-19)20-10-4-6-14-26-20/h4-7,10-16,18H,1-3,8-9H2,(H,28,31). The van der Waals surface area contributed by atoms with Gasteiger partial charge in [0.05, 0.1) is 22.4 Å². The second-order valence-electron chi connectivity index (χ2n) is 7.86. The van der Waals surface area contributed by atoms with Crippen LogP contribution in [0.4, 0.5) is 0 Å². The lowest BCUT2D eigenvalue weighted by Gasteiger charge is -2.22. The molecule has 1 N–H and O–H groups in total. The van der Waals surface area contributed by atoms with Gasteiger partial charge in [0.1, 0.15) is 11.4 Å². The topological polar surface area (TPSA) is 80.7 Å². The van der Waals surface area contributed by atoms with Gasteiger partial charge in [-0.25, -0.2) is 9.97 Å².